The molecule has 22 heavy (non-hydrogen) atoms. The van der Waals surface area contributed by atoms with E-state index in [2.05, 4.69) is 10.3 Å². The molecule has 2 amide bonds. The van der Waals surface area contributed by atoms with Crippen LogP contribution in [-0.4, -0.2) is 55.0 Å². The molecule has 2 saturated heterocycles. The Kier molecular flexibility index (Phi) is 3.82. The molecule has 2 fully saturated rings. The van der Waals surface area contributed by atoms with Crippen LogP contribution in [0.2, 0.25) is 0 Å². The van der Waals surface area contributed by atoms with Crippen LogP contribution in [0.3, 0.4) is 0 Å². The number of halogens is 1. The van der Waals surface area contributed by atoms with E-state index >= 15 is 0 Å². The molecule has 1 N–H and O–H groups in total. The molecule has 0 bridgehead atoms. The number of carbonyl (C=O) groups excluding carboxylic acids is 2. The Hall–Kier alpha value is -2.02. The van der Waals surface area contributed by atoms with E-state index in [0.29, 0.717) is 32.7 Å². The molecule has 0 aromatic carbocycles. The molecule has 0 aliphatic carbocycles. The van der Waals surface area contributed by atoms with Gasteiger partial charge in [-0.3, -0.25) is 14.6 Å². The summed E-state index contributed by atoms with van der Waals surface area (Å²) in [6.07, 6.45) is 2.98. The second kappa shape index (κ2) is 5.64. The molecule has 118 valence electrons. The van der Waals surface area contributed by atoms with Crippen molar-refractivity contribution >= 4 is 11.8 Å². The van der Waals surface area contributed by atoms with Gasteiger partial charge in [0.2, 0.25) is 5.91 Å². The summed E-state index contributed by atoms with van der Waals surface area (Å²) in [5, 5.41) is 2.69. The number of nitrogens with zero attached hydrogens (tertiary/aromatic N) is 2. The number of carbonyl (C=O) groups is 2. The molecule has 1 aromatic heterocycles. The number of hydrogen-bond donors (Lipinski definition) is 1. The maximum absolute atomic E-state index is 13.8. The second-order valence-corrected chi connectivity index (χ2v) is 5.80. The summed E-state index contributed by atoms with van der Waals surface area (Å²) in [6, 6.07) is 1.36. The number of fused-ring (bicyclic) bond motifs is 1. The highest BCUT2D eigenvalue weighted by atomic mass is 19.1. The second-order valence-electron chi connectivity index (χ2n) is 5.80. The number of rotatable bonds is 2. The highest BCUT2D eigenvalue weighted by molar-refractivity contribution is 5.95. The average Bonchev–Trinajstić information content (AvgIpc) is 2.94. The van der Waals surface area contributed by atoms with Crippen LogP contribution < -0.4 is 5.32 Å². The molecule has 2 aliphatic heterocycles. The first-order chi connectivity index (χ1) is 10.6. The minimum Gasteiger partial charge on any atom is -0.381 e. The first kappa shape index (κ1) is 14.9. The van der Waals surface area contributed by atoms with Gasteiger partial charge in [0.05, 0.1) is 23.8 Å². The fourth-order valence-corrected chi connectivity index (χ4v) is 3.44. The van der Waals surface area contributed by atoms with Crippen LogP contribution in [0.5, 0.6) is 0 Å². The lowest BCUT2D eigenvalue weighted by Crippen LogP contribution is -2.49. The fourth-order valence-electron chi connectivity index (χ4n) is 3.44. The molecule has 0 radical (unpaired) electrons. The van der Waals surface area contributed by atoms with Crippen LogP contribution in [0.25, 0.3) is 0 Å². The van der Waals surface area contributed by atoms with Crippen LogP contribution in [0, 0.1) is 17.2 Å². The summed E-state index contributed by atoms with van der Waals surface area (Å²) in [6.45, 7) is 1.63. The van der Waals surface area contributed by atoms with Crippen molar-refractivity contribution in [2.45, 2.75) is 6.42 Å². The highest BCUT2D eigenvalue weighted by Gasteiger charge is 2.54. The third-order valence-electron chi connectivity index (χ3n) is 4.68. The molecule has 0 unspecified atom stereocenters. The SMILES string of the molecule is CNC(=O)[C@]12CCOC[C@H]1CN(C(=O)c1ccncc1F)C2. The van der Waals surface area contributed by atoms with Crippen molar-refractivity contribution in [3.8, 4) is 0 Å². The largest absolute Gasteiger partial charge is 0.381 e. The van der Waals surface area contributed by atoms with Crippen molar-refractivity contribution in [2.24, 2.45) is 11.3 Å². The minimum atomic E-state index is -0.646. The van der Waals surface area contributed by atoms with Crippen LogP contribution in [0.1, 0.15) is 16.8 Å². The van der Waals surface area contributed by atoms with Gasteiger partial charge in [-0.1, -0.05) is 0 Å². The predicted octanol–water partition coefficient (Wildman–Crippen LogP) is 0.445. The monoisotopic (exact) mass is 307 g/mol. The smallest absolute Gasteiger partial charge is 0.256 e. The lowest BCUT2D eigenvalue weighted by molar-refractivity contribution is -0.138. The zero-order valence-electron chi connectivity index (χ0n) is 12.3. The number of nitrogens with one attached hydrogen (secondary N) is 1. The van der Waals surface area contributed by atoms with Crippen LogP contribution in [-0.2, 0) is 9.53 Å². The van der Waals surface area contributed by atoms with Gasteiger partial charge in [-0.2, -0.15) is 0 Å². The summed E-state index contributed by atoms with van der Waals surface area (Å²) < 4.78 is 19.2. The summed E-state index contributed by atoms with van der Waals surface area (Å²) >= 11 is 0. The number of aromatic nitrogens is 1. The van der Waals surface area contributed by atoms with Crippen molar-refractivity contribution < 1.29 is 18.7 Å². The lowest BCUT2D eigenvalue weighted by atomic mass is 9.73. The molecule has 0 saturated carbocycles. The molecule has 0 spiro atoms. The van der Waals surface area contributed by atoms with Crippen molar-refractivity contribution in [1.29, 1.82) is 0 Å². The molecule has 2 atom stereocenters. The Morgan fingerprint density at radius 2 is 2.36 bits per heavy atom. The number of pyridine rings is 1. The normalized spacial score (nSPS) is 27.4. The Morgan fingerprint density at radius 3 is 3.09 bits per heavy atom. The maximum Gasteiger partial charge on any atom is 0.256 e. The van der Waals surface area contributed by atoms with Gasteiger partial charge in [0.15, 0.2) is 5.82 Å². The first-order valence-corrected chi connectivity index (χ1v) is 7.27. The molecule has 3 heterocycles. The van der Waals surface area contributed by atoms with E-state index in [4.69, 9.17) is 4.74 Å². The molecular weight excluding hydrogens is 289 g/mol. The maximum atomic E-state index is 13.8. The van der Waals surface area contributed by atoms with E-state index in [9.17, 15) is 14.0 Å². The number of hydrogen-bond acceptors (Lipinski definition) is 4. The van der Waals surface area contributed by atoms with Crippen molar-refractivity contribution in [3.63, 3.8) is 0 Å². The van der Waals surface area contributed by atoms with Gasteiger partial charge >= 0.3 is 0 Å². The first-order valence-electron chi connectivity index (χ1n) is 7.27. The summed E-state index contributed by atoms with van der Waals surface area (Å²) in [5.74, 6) is -1.19. The van der Waals surface area contributed by atoms with E-state index in [1.165, 1.54) is 12.3 Å². The van der Waals surface area contributed by atoms with E-state index in [-0.39, 0.29) is 17.4 Å². The van der Waals surface area contributed by atoms with E-state index in [0.717, 1.165) is 6.20 Å². The highest BCUT2D eigenvalue weighted by Crippen LogP contribution is 2.42. The Labute approximate surface area is 127 Å². The zero-order valence-corrected chi connectivity index (χ0v) is 12.3. The topological polar surface area (TPSA) is 71.5 Å². The average molecular weight is 307 g/mol. The number of amides is 2. The summed E-state index contributed by atoms with van der Waals surface area (Å²) in [5.41, 5.74) is -0.645. The van der Waals surface area contributed by atoms with Gasteiger partial charge in [0.25, 0.3) is 5.91 Å². The molecule has 6 nitrogen and oxygen atoms in total. The Morgan fingerprint density at radius 1 is 1.55 bits per heavy atom. The standard InChI is InChI=1S/C15H18FN3O3/c1-17-14(21)15-3-5-22-8-10(15)7-19(9-15)13(20)11-2-4-18-6-12(11)16/h2,4,6,10H,3,5,7-9H2,1H3,(H,17,21)/t10-,15+/m1/s1. The van der Waals surface area contributed by atoms with Gasteiger partial charge in [0, 0.05) is 38.9 Å². The number of likely N-dealkylation sites (tertiary alicyclic amines) is 1. The Balaban J connectivity index is 1.87. The third kappa shape index (κ3) is 2.25. The zero-order chi connectivity index (χ0) is 15.7. The van der Waals surface area contributed by atoms with Crippen LogP contribution in [0.4, 0.5) is 4.39 Å². The molecular formula is C15H18FN3O3. The van der Waals surface area contributed by atoms with E-state index < -0.39 is 17.1 Å². The van der Waals surface area contributed by atoms with Gasteiger partial charge < -0.3 is 15.0 Å². The molecule has 2 aliphatic rings. The van der Waals surface area contributed by atoms with Gasteiger partial charge in [0.1, 0.15) is 0 Å². The number of ether oxygens (including phenoxy) is 1. The Bertz CT molecular complexity index is 609. The predicted molar refractivity (Wildman–Crippen MR) is 75.5 cm³/mol. The van der Waals surface area contributed by atoms with Gasteiger partial charge in [-0.15, -0.1) is 0 Å². The van der Waals surface area contributed by atoms with E-state index in [1.54, 1.807) is 11.9 Å². The minimum absolute atomic E-state index is 0.0124. The molecule has 1 aromatic rings. The quantitative estimate of drug-likeness (QED) is 0.861. The van der Waals surface area contributed by atoms with Crippen LogP contribution >= 0.6 is 0 Å². The molecule has 7 heteroatoms. The van der Waals surface area contributed by atoms with E-state index in [1.807, 2.05) is 0 Å². The summed E-state index contributed by atoms with van der Waals surface area (Å²) in [7, 11) is 1.59. The van der Waals surface area contributed by atoms with Crippen molar-refractivity contribution in [1.82, 2.24) is 15.2 Å². The fraction of sp³-hybridized carbons (Fsp3) is 0.533. The van der Waals surface area contributed by atoms with Gasteiger partial charge in [-0.25, -0.2) is 4.39 Å². The van der Waals surface area contributed by atoms with Crippen LogP contribution in [0.15, 0.2) is 18.5 Å². The van der Waals surface area contributed by atoms with Crippen molar-refractivity contribution in [3.05, 3.63) is 29.8 Å². The summed E-state index contributed by atoms with van der Waals surface area (Å²) in [4.78, 5) is 30.1. The molecule has 3 rings (SSSR count). The third-order valence-corrected chi connectivity index (χ3v) is 4.68. The lowest BCUT2D eigenvalue weighted by Gasteiger charge is -2.36. The van der Waals surface area contributed by atoms with Gasteiger partial charge in [-0.05, 0) is 12.5 Å². The van der Waals surface area contributed by atoms with Crippen molar-refractivity contribution in [2.75, 3.05) is 33.4 Å².